The molecule has 3 heterocycles. The highest BCUT2D eigenvalue weighted by molar-refractivity contribution is 7.15. The average molecular weight is 361 g/mol. The van der Waals surface area contributed by atoms with Gasteiger partial charge in [0.25, 0.3) is 0 Å². The number of H-pyrrole nitrogens is 1. The van der Waals surface area contributed by atoms with E-state index in [-0.39, 0.29) is 16.5 Å². The molecule has 0 unspecified atom stereocenters. The van der Waals surface area contributed by atoms with Crippen LogP contribution in [0.3, 0.4) is 0 Å². The number of anilines is 2. The molecule has 0 aromatic carbocycles. The van der Waals surface area contributed by atoms with Crippen LogP contribution < -0.4 is 10.6 Å². The van der Waals surface area contributed by atoms with Gasteiger partial charge in [-0.3, -0.25) is 10.4 Å². The summed E-state index contributed by atoms with van der Waals surface area (Å²) in [5.41, 5.74) is 0.821. The van der Waals surface area contributed by atoms with E-state index in [4.69, 9.17) is 0 Å². The van der Waals surface area contributed by atoms with Crippen LogP contribution in [0.5, 0.6) is 0 Å². The van der Waals surface area contributed by atoms with Gasteiger partial charge in [0.2, 0.25) is 10.1 Å². The van der Waals surface area contributed by atoms with Gasteiger partial charge in [0.05, 0.1) is 11.9 Å². The molecule has 0 bridgehead atoms. The molecule has 8 nitrogen and oxygen atoms in total. The molecule has 0 saturated carbocycles. The van der Waals surface area contributed by atoms with Crippen LogP contribution in [-0.4, -0.2) is 31.4 Å². The van der Waals surface area contributed by atoms with Crippen LogP contribution in [0.1, 0.15) is 5.01 Å². The van der Waals surface area contributed by atoms with Crippen LogP contribution in [0.2, 0.25) is 0 Å². The van der Waals surface area contributed by atoms with Crippen molar-refractivity contribution in [3.05, 3.63) is 22.8 Å². The normalized spacial score (nSPS) is 11.4. The lowest BCUT2D eigenvalue weighted by atomic mass is 10.4. The van der Waals surface area contributed by atoms with Gasteiger partial charge in [0.1, 0.15) is 10.7 Å². The molecule has 3 N–H and O–H groups in total. The number of nitrogens with one attached hydrogen (secondary N) is 3. The van der Waals surface area contributed by atoms with Gasteiger partial charge in [-0.2, -0.15) is 18.3 Å². The summed E-state index contributed by atoms with van der Waals surface area (Å²) in [5.74, 6) is 0. The molecule has 3 aromatic heterocycles. The van der Waals surface area contributed by atoms with Crippen LogP contribution in [0.15, 0.2) is 17.8 Å². The molecule has 3 rings (SSSR count). The Balaban J connectivity index is 1.69. The number of aromatic amines is 1. The summed E-state index contributed by atoms with van der Waals surface area (Å²) in [6.45, 7) is 0. The lowest BCUT2D eigenvalue weighted by molar-refractivity contribution is -0.138. The summed E-state index contributed by atoms with van der Waals surface area (Å²) in [6, 6.07) is -0.769. The van der Waals surface area contributed by atoms with Crippen molar-refractivity contribution in [3.63, 3.8) is 0 Å². The number of hydrogen-bond acceptors (Lipinski definition) is 7. The monoisotopic (exact) mass is 361 g/mol. The zero-order valence-electron chi connectivity index (χ0n) is 10.9. The van der Waals surface area contributed by atoms with Gasteiger partial charge in [-0.1, -0.05) is 11.3 Å². The number of halogens is 3. The number of carbonyl (C=O) groups is 1. The van der Waals surface area contributed by atoms with Crippen molar-refractivity contribution in [2.45, 2.75) is 6.18 Å². The van der Waals surface area contributed by atoms with E-state index >= 15 is 0 Å². The molecule has 0 saturated heterocycles. The van der Waals surface area contributed by atoms with Crippen LogP contribution in [0, 0.1) is 0 Å². The van der Waals surface area contributed by atoms with Crippen LogP contribution in [-0.2, 0) is 6.18 Å². The van der Waals surface area contributed by atoms with E-state index in [1.54, 1.807) is 11.6 Å². The molecule has 0 aliphatic carbocycles. The smallest absolute Gasteiger partial charge is 0.304 e. The van der Waals surface area contributed by atoms with E-state index in [1.165, 1.54) is 17.5 Å². The molecule has 0 atom stereocenters. The number of amides is 2. The topological polar surface area (TPSA) is 108 Å². The fraction of sp³-hybridized carbons (Fsp3) is 0.100. The number of carbonyl (C=O) groups excluding carboxylic acids is 1. The average Bonchev–Trinajstić information content (AvgIpc) is 3.17. The lowest BCUT2D eigenvalue weighted by Gasteiger charge is -2.04. The van der Waals surface area contributed by atoms with Crippen molar-refractivity contribution < 1.29 is 18.0 Å². The predicted molar refractivity (Wildman–Crippen MR) is 77.2 cm³/mol. The predicted octanol–water partition coefficient (Wildman–Crippen LogP) is 3.05. The second kappa shape index (κ2) is 5.92. The number of thiazole rings is 1. The first-order valence-corrected chi connectivity index (χ1v) is 7.55. The molecule has 2 amide bonds. The summed E-state index contributed by atoms with van der Waals surface area (Å²) in [7, 11) is 0. The fourth-order valence-electron chi connectivity index (χ4n) is 1.53. The highest BCUT2D eigenvalue weighted by atomic mass is 32.1. The second-order valence-electron chi connectivity index (χ2n) is 3.99. The van der Waals surface area contributed by atoms with Gasteiger partial charge >= 0.3 is 12.2 Å². The first kappa shape index (κ1) is 15.4. The number of urea groups is 1. The van der Waals surface area contributed by atoms with Gasteiger partial charge in [-0.25, -0.2) is 9.78 Å². The third-order valence-electron chi connectivity index (χ3n) is 2.42. The SMILES string of the molecule is O=C(Nc1nnc(C(F)(F)F)s1)Nc1cn[nH]c1-c1nccs1. The molecule has 0 spiro atoms. The van der Waals surface area contributed by atoms with Crippen molar-refractivity contribution >= 4 is 39.5 Å². The molecule has 0 aliphatic rings. The van der Waals surface area contributed by atoms with E-state index in [2.05, 4.69) is 36.0 Å². The standard InChI is InChI=1S/C10H6F3N7OS2/c11-10(12,13)7-19-20-9(23-7)17-8(21)16-4-3-15-18-5(4)6-14-1-2-22-6/h1-3H,(H,15,18)(H2,16,17,20,21). The van der Waals surface area contributed by atoms with Gasteiger partial charge in [0, 0.05) is 11.6 Å². The van der Waals surface area contributed by atoms with Gasteiger partial charge < -0.3 is 5.32 Å². The maximum Gasteiger partial charge on any atom is 0.445 e. The summed E-state index contributed by atoms with van der Waals surface area (Å²) < 4.78 is 37.2. The molecule has 13 heteroatoms. The first-order chi connectivity index (χ1) is 10.9. The minimum absolute atomic E-state index is 0.230. The van der Waals surface area contributed by atoms with Crippen LogP contribution in [0.25, 0.3) is 10.7 Å². The van der Waals surface area contributed by atoms with E-state index in [1.807, 2.05) is 0 Å². The Morgan fingerprint density at radius 2 is 2.09 bits per heavy atom. The molecule has 23 heavy (non-hydrogen) atoms. The maximum atomic E-state index is 12.4. The van der Waals surface area contributed by atoms with E-state index in [9.17, 15) is 18.0 Å². The zero-order valence-corrected chi connectivity index (χ0v) is 12.5. The summed E-state index contributed by atoms with van der Waals surface area (Å²) in [4.78, 5) is 15.9. The Morgan fingerprint density at radius 1 is 1.26 bits per heavy atom. The Labute approximate surface area is 133 Å². The molecular formula is C10H6F3N7OS2. The highest BCUT2D eigenvalue weighted by Gasteiger charge is 2.35. The number of alkyl halides is 3. The number of aromatic nitrogens is 5. The Bertz CT molecular complexity index is 811. The van der Waals surface area contributed by atoms with Gasteiger partial charge in [-0.15, -0.1) is 21.5 Å². The number of hydrogen-bond donors (Lipinski definition) is 3. The van der Waals surface area contributed by atoms with Crippen molar-refractivity contribution in [3.8, 4) is 10.7 Å². The minimum Gasteiger partial charge on any atom is -0.304 e. The summed E-state index contributed by atoms with van der Waals surface area (Å²) >= 11 is 1.56. The van der Waals surface area contributed by atoms with E-state index in [0.29, 0.717) is 16.4 Å². The molecule has 0 aliphatic heterocycles. The molecule has 3 aromatic rings. The molecule has 120 valence electrons. The highest BCUT2D eigenvalue weighted by Crippen LogP contribution is 2.33. The fourth-order valence-corrected chi connectivity index (χ4v) is 2.78. The zero-order chi connectivity index (χ0) is 16.4. The van der Waals surface area contributed by atoms with Crippen LogP contribution in [0.4, 0.5) is 28.8 Å². The maximum absolute atomic E-state index is 12.4. The minimum atomic E-state index is -4.60. The Morgan fingerprint density at radius 3 is 2.74 bits per heavy atom. The van der Waals surface area contributed by atoms with Crippen molar-refractivity contribution in [1.29, 1.82) is 0 Å². The van der Waals surface area contributed by atoms with Crippen molar-refractivity contribution in [1.82, 2.24) is 25.4 Å². The molecule has 0 fully saturated rings. The quantitative estimate of drug-likeness (QED) is 0.664. The third kappa shape index (κ3) is 3.45. The molecule has 0 radical (unpaired) electrons. The summed E-state index contributed by atoms with van der Waals surface area (Å²) in [5, 5.41) is 18.3. The second-order valence-corrected chi connectivity index (χ2v) is 5.86. The Kier molecular flexibility index (Phi) is 3.96. The summed E-state index contributed by atoms with van der Waals surface area (Å²) in [6.07, 6.45) is -1.65. The number of rotatable bonds is 3. The van der Waals surface area contributed by atoms with Crippen molar-refractivity contribution in [2.75, 3.05) is 10.6 Å². The Hall–Kier alpha value is -2.54. The third-order valence-corrected chi connectivity index (χ3v) is 4.10. The van der Waals surface area contributed by atoms with Crippen LogP contribution >= 0.6 is 22.7 Å². The first-order valence-electron chi connectivity index (χ1n) is 5.85. The van der Waals surface area contributed by atoms with Gasteiger partial charge in [0.15, 0.2) is 0 Å². The van der Waals surface area contributed by atoms with E-state index < -0.39 is 17.2 Å². The van der Waals surface area contributed by atoms with Gasteiger partial charge in [-0.05, 0) is 0 Å². The lowest BCUT2D eigenvalue weighted by Crippen LogP contribution is -2.19. The molecular weight excluding hydrogens is 355 g/mol. The number of nitrogens with zero attached hydrogens (tertiary/aromatic N) is 4. The van der Waals surface area contributed by atoms with Crippen molar-refractivity contribution in [2.24, 2.45) is 0 Å². The largest absolute Gasteiger partial charge is 0.445 e. The van der Waals surface area contributed by atoms with E-state index in [0.717, 1.165) is 0 Å².